The van der Waals surface area contributed by atoms with Crippen LogP contribution in [0, 0.1) is 5.92 Å². The van der Waals surface area contributed by atoms with Gasteiger partial charge in [-0.15, -0.1) is 0 Å². The Hall–Kier alpha value is -1.75. The highest BCUT2D eigenvalue weighted by Gasteiger charge is 2.19. The van der Waals surface area contributed by atoms with Crippen LogP contribution in [-0.2, 0) is 6.54 Å². The summed E-state index contributed by atoms with van der Waals surface area (Å²) < 4.78 is 1.68. The summed E-state index contributed by atoms with van der Waals surface area (Å²) in [5.74, 6) is 0.677. The SMILES string of the molecule is CN1CCC(Cn2c(=O)[nH]c3cccc(O)c32)CC1. The van der Waals surface area contributed by atoms with Gasteiger partial charge in [0.15, 0.2) is 0 Å². The van der Waals surface area contributed by atoms with Gasteiger partial charge in [-0.3, -0.25) is 4.57 Å². The van der Waals surface area contributed by atoms with E-state index in [0.29, 0.717) is 23.5 Å². The van der Waals surface area contributed by atoms with Gasteiger partial charge in [0.1, 0.15) is 11.3 Å². The van der Waals surface area contributed by atoms with E-state index in [0.717, 1.165) is 25.9 Å². The Bertz CT molecular complexity index is 636. The maximum absolute atomic E-state index is 12.0. The number of phenols is 1. The molecule has 0 saturated carbocycles. The highest BCUT2D eigenvalue weighted by molar-refractivity contribution is 5.81. The predicted octanol–water partition coefficient (Wildman–Crippen LogP) is 1.38. The second-order valence-corrected chi connectivity index (χ2v) is 5.46. The number of rotatable bonds is 2. The number of fused-ring (bicyclic) bond motifs is 1. The lowest BCUT2D eigenvalue weighted by atomic mass is 9.97. The van der Waals surface area contributed by atoms with Gasteiger partial charge in [-0.1, -0.05) is 6.07 Å². The van der Waals surface area contributed by atoms with E-state index in [4.69, 9.17) is 0 Å². The quantitative estimate of drug-likeness (QED) is 0.858. The molecule has 0 radical (unpaired) electrons. The molecule has 0 aliphatic carbocycles. The molecule has 19 heavy (non-hydrogen) atoms. The summed E-state index contributed by atoms with van der Waals surface area (Å²) in [7, 11) is 2.12. The van der Waals surface area contributed by atoms with E-state index in [1.54, 1.807) is 16.7 Å². The Morgan fingerprint density at radius 2 is 2.11 bits per heavy atom. The third-order valence-corrected chi connectivity index (χ3v) is 4.05. The van der Waals surface area contributed by atoms with E-state index in [1.165, 1.54) is 0 Å². The molecule has 0 unspecified atom stereocenters. The number of imidazole rings is 1. The van der Waals surface area contributed by atoms with E-state index < -0.39 is 0 Å². The Morgan fingerprint density at radius 1 is 1.37 bits per heavy atom. The molecular weight excluding hydrogens is 242 g/mol. The summed E-state index contributed by atoms with van der Waals surface area (Å²) in [5, 5.41) is 9.95. The van der Waals surface area contributed by atoms with Crippen molar-refractivity contribution in [2.75, 3.05) is 20.1 Å². The summed E-state index contributed by atoms with van der Waals surface area (Å²) in [6.45, 7) is 2.84. The van der Waals surface area contributed by atoms with Gasteiger partial charge >= 0.3 is 5.69 Å². The molecule has 1 aliphatic heterocycles. The summed E-state index contributed by atoms with van der Waals surface area (Å²) in [5.41, 5.74) is 1.21. The van der Waals surface area contributed by atoms with Crippen molar-refractivity contribution >= 4 is 11.0 Å². The standard InChI is InChI=1S/C14H19N3O2/c1-16-7-5-10(6-8-16)9-17-13-11(15-14(17)19)3-2-4-12(13)18/h2-4,10,18H,5-9H2,1H3,(H,15,19). The second-order valence-electron chi connectivity index (χ2n) is 5.46. The molecule has 0 amide bonds. The van der Waals surface area contributed by atoms with Crippen LogP contribution in [0.3, 0.4) is 0 Å². The number of H-pyrrole nitrogens is 1. The lowest BCUT2D eigenvalue weighted by Crippen LogP contribution is -2.33. The first-order chi connectivity index (χ1) is 9.15. The van der Waals surface area contributed by atoms with Gasteiger partial charge in [0.05, 0.1) is 5.52 Å². The van der Waals surface area contributed by atoms with Crippen LogP contribution in [0.1, 0.15) is 12.8 Å². The van der Waals surface area contributed by atoms with Gasteiger partial charge in [-0.2, -0.15) is 0 Å². The van der Waals surface area contributed by atoms with Crippen LogP contribution in [0.4, 0.5) is 0 Å². The topological polar surface area (TPSA) is 61.3 Å². The summed E-state index contributed by atoms with van der Waals surface area (Å²) >= 11 is 0. The first-order valence-electron chi connectivity index (χ1n) is 6.74. The number of benzene rings is 1. The fourth-order valence-corrected chi connectivity index (χ4v) is 2.88. The molecule has 0 bridgehead atoms. The Labute approximate surface area is 111 Å². The van der Waals surface area contributed by atoms with Crippen molar-refractivity contribution in [1.29, 1.82) is 0 Å². The maximum Gasteiger partial charge on any atom is 0.326 e. The number of nitrogens with one attached hydrogen (secondary N) is 1. The summed E-state index contributed by atoms with van der Waals surface area (Å²) in [6, 6.07) is 5.19. The molecular formula is C14H19N3O2. The lowest BCUT2D eigenvalue weighted by molar-refractivity contribution is 0.205. The van der Waals surface area contributed by atoms with Gasteiger partial charge in [0, 0.05) is 6.54 Å². The summed E-state index contributed by atoms with van der Waals surface area (Å²) in [4.78, 5) is 17.1. The van der Waals surface area contributed by atoms with Crippen molar-refractivity contribution in [2.24, 2.45) is 5.92 Å². The van der Waals surface area contributed by atoms with E-state index in [-0.39, 0.29) is 11.4 Å². The van der Waals surface area contributed by atoms with Gasteiger partial charge in [-0.05, 0) is 51.0 Å². The second kappa shape index (κ2) is 4.74. The number of aromatic hydroxyl groups is 1. The Morgan fingerprint density at radius 3 is 2.84 bits per heavy atom. The third kappa shape index (κ3) is 2.26. The molecule has 102 valence electrons. The zero-order valence-electron chi connectivity index (χ0n) is 11.1. The molecule has 2 N–H and O–H groups in total. The fourth-order valence-electron chi connectivity index (χ4n) is 2.88. The minimum absolute atomic E-state index is 0.129. The molecule has 1 aromatic heterocycles. The molecule has 0 atom stereocenters. The van der Waals surface area contributed by atoms with Gasteiger partial charge in [-0.25, -0.2) is 4.79 Å². The zero-order chi connectivity index (χ0) is 13.4. The molecule has 5 heteroatoms. The molecule has 2 heterocycles. The minimum Gasteiger partial charge on any atom is -0.506 e. The minimum atomic E-state index is -0.129. The molecule has 1 aromatic carbocycles. The van der Waals surface area contributed by atoms with E-state index in [1.807, 2.05) is 6.07 Å². The average molecular weight is 261 g/mol. The van der Waals surface area contributed by atoms with E-state index in [9.17, 15) is 9.90 Å². The smallest absolute Gasteiger partial charge is 0.326 e. The largest absolute Gasteiger partial charge is 0.506 e. The van der Waals surface area contributed by atoms with Crippen LogP contribution in [-0.4, -0.2) is 39.7 Å². The normalized spacial score (nSPS) is 18.2. The first kappa shape index (κ1) is 12.3. The molecule has 1 saturated heterocycles. The van der Waals surface area contributed by atoms with Gasteiger partial charge in [0.25, 0.3) is 0 Å². The van der Waals surface area contributed by atoms with Crippen LogP contribution >= 0.6 is 0 Å². The number of hydrogen-bond acceptors (Lipinski definition) is 3. The van der Waals surface area contributed by atoms with Crippen molar-refractivity contribution in [2.45, 2.75) is 19.4 Å². The number of hydrogen-bond donors (Lipinski definition) is 2. The number of aromatic nitrogens is 2. The zero-order valence-corrected chi connectivity index (χ0v) is 11.1. The molecule has 1 aliphatic rings. The molecule has 5 nitrogen and oxygen atoms in total. The fraction of sp³-hybridized carbons (Fsp3) is 0.500. The van der Waals surface area contributed by atoms with Crippen molar-refractivity contribution in [3.63, 3.8) is 0 Å². The van der Waals surface area contributed by atoms with Gasteiger partial charge < -0.3 is 15.0 Å². The van der Waals surface area contributed by atoms with Crippen molar-refractivity contribution in [3.05, 3.63) is 28.7 Å². The van der Waals surface area contributed by atoms with Crippen molar-refractivity contribution in [3.8, 4) is 5.75 Å². The Balaban J connectivity index is 1.92. The van der Waals surface area contributed by atoms with Crippen molar-refractivity contribution < 1.29 is 5.11 Å². The average Bonchev–Trinajstić information content (AvgIpc) is 2.70. The molecule has 0 spiro atoms. The van der Waals surface area contributed by atoms with Crippen LogP contribution in [0.2, 0.25) is 0 Å². The highest BCUT2D eigenvalue weighted by atomic mass is 16.3. The number of para-hydroxylation sites is 1. The van der Waals surface area contributed by atoms with E-state index in [2.05, 4.69) is 16.9 Å². The molecule has 1 fully saturated rings. The highest BCUT2D eigenvalue weighted by Crippen LogP contribution is 2.24. The number of nitrogens with zero attached hydrogens (tertiary/aromatic N) is 2. The maximum atomic E-state index is 12.0. The summed E-state index contributed by atoms with van der Waals surface area (Å²) in [6.07, 6.45) is 2.20. The number of piperidine rings is 1. The number of likely N-dealkylation sites (tertiary alicyclic amines) is 1. The number of aromatic amines is 1. The third-order valence-electron chi connectivity index (χ3n) is 4.05. The molecule has 3 rings (SSSR count). The lowest BCUT2D eigenvalue weighted by Gasteiger charge is -2.29. The molecule has 2 aromatic rings. The van der Waals surface area contributed by atoms with Crippen LogP contribution in [0.5, 0.6) is 5.75 Å². The Kier molecular flexibility index (Phi) is 3.06. The number of phenolic OH excluding ortho intramolecular Hbond substituents is 1. The monoisotopic (exact) mass is 261 g/mol. The van der Waals surface area contributed by atoms with Crippen LogP contribution in [0.25, 0.3) is 11.0 Å². The predicted molar refractivity (Wildman–Crippen MR) is 74.4 cm³/mol. The van der Waals surface area contributed by atoms with Crippen LogP contribution in [0.15, 0.2) is 23.0 Å². The first-order valence-corrected chi connectivity index (χ1v) is 6.74. The van der Waals surface area contributed by atoms with E-state index >= 15 is 0 Å². The van der Waals surface area contributed by atoms with Crippen LogP contribution < -0.4 is 5.69 Å². The van der Waals surface area contributed by atoms with Gasteiger partial charge in [0.2, 0.25) is 0 Å². The van der Waals surface area contributed by atoms with Crippen molar-refractivity contribution in [1.82, 2.24) is 14.5 Å².